The predicted molar refractivity (Wildman–Crippen MR) is 78.5 cm³/mol. The van der Waals surface area contributed by atoms with E-state index in [0.717, 1.165) is 44.9 Å². The lowest BCUT2D eigenvalue weighted by Crippen LogP contribution is -2.36. The topological polar surface area (TPSA) is 58.8 Å². The Labute approximate surface area is 120 Å². The molecule has 0 atom stereocenters. The lowest BCUT2D eigenvalue weighted by atomic mass is 10.2. The molecule has 110 valence electrons. The summed E-state index contributed by atoms with van der Waals surface area (Å²) in [5.74, 6) is 0.644. The van der Waals surface area contributed by atoms with Crippen molar-refractivity contribution in [2.24, 2.45) is 5.73 Å². The van der Waals surface area contributed by atoms with Gasteiger partial charge in [0.15, 0.2) is 0 Å². The van der Waals surface area contributed by atoms with Crippen molar-refractivity contribution in [3.8, 4) is 5.75 Å². The molecule has 0 saturated carbocycles. The van der Waals surface area contributed by atoms with Crippen molar-refractivity contribution in [3.63, 3.8) is 0 Å². The Hall–Kier alpha value is -1.59. The van der Waals surface area contributed by atoms with Gasteiger partial charge in [0.05, 0.1) is 13.7 Å². The van der Waals surface area contributed by atoms with Crippen molar-refractivity contribution in [1.82, 2.24) is 9.80 Å². The van der Waals surface area contributed by atoms with E-state index in [1.165, 1.54) is 5.56 Å². The molecule has 2 N–H and O–H groups in total. The number of carbonyl (C=O) groups is 1. The van der Waals surface area contributed by atoms with Gasteiger partial charge in [-0.05, 0) is 37.2 Å². The lowest BCUT2D eigenvalue weighted by molar-refractivity contribution is -0.119. The van der Waals surface area contributed by atoms with Crippen molar-refractivity contribution in [3.05, 3.63) is 29.8 Å². The SMILES string of the molecule is COc1ccc(CN2CCCN(CC(N)=O)CC2)cc1. The van der Waals surface area contributed by atoms with E-state index in [4.69, 9.17) is 10.5 Å². The molecule has 1 fully saturated rings. The van der Waals surface area contributed by atoms with Gasteiger partial charge in [0.1, 0.15) is 5.75 Å². The summed E-state index contributed by atoms with van der Waals surface area (Å²) in [6.45, 7) is 5.19. The summed E-state index contributed by atoms with van der Waals surface area (Å²) in [4.78, 5) is 15.5. The van der Waals surface area contributed by atoms with E-state index in [9.17, 15) is 4.79 Å². The number of hydrogen-bond acceptors (Lipinski definition) is 4. The van der Waals surface area contributed by atoms with Gasteiger partial charge in [-0.25, -0.2) is 0 Å². The summed E-state index contributed by atoms with van der Waals surface area (Å²) < 4.78 is 5.17. The van der Waals surface area contributed by atoms with Crippen LogP contribution in [0.4, 0.5) is 0 Å². The summed E-state index contributed by atoms with van der Waals surface area (Å²) >= 11 is 0. The van der Waals surface area contributed by atoms with Crippen LogP contribution < -0.4 is 10.5 Å². The van der Waals surface area contributed by atoms with Gasteiger partial charge in [0, 0.05) is 19.6 Å². The minimum absolute atomic E-state index is 0.242. The molecule has 0 radical (unpaired) electrons. The number of carbonyl (C=O) groups excluding carboxylic acids is 1. The second-order valence-corrected chi connectivity index (χ2v) is 5.22. The zero-order valence-electron chi connectivity index (χ0n) is 12.0. The lowest BCUT2D eigenvalue weighted by Gasteiger charge is -2.21. The Morgan fingerprint density at radius 3 is 2.45 bits per heavy atom. The van der Waals surface area contributed by atoms with Crippen molar-refractivity contribution in [1.29, 1.82) is 0 Å². The standard InChI is InChI=1S/C15H23N3O2/c1-20-14-5-3-13(4-6-14)11-17-7-2-8-18(10-9-17)12-15(16)19/h3-6H,2,7-12H2,1H3,(H2,16,19). The fourth-order valence-electron chi connectivity index (χ4n) is 2.55. The van der Waals surface area contributed by atoms with Crippen LogP contribution in [0.5, 0.6) is 5.75 Å². The van der Waals surface area contributed by atoms with Gasteiger partial charge in [0.25, 0.3) is 0 Å². The highest BCUT2D eigenvalue weighted by molar-refractivity contribution is 5.75. The number of benzene rings is 1. The number of ether oxygens (including phenoxy) is 1. The molecular weight excluding hydrogens is 254 g/mol. The monoisotopic (exact) mass is 277 g/mol. The molecule has 5 heteroatoms. The van der Waals surface area contributed by atoms with E-state index in [-0.39, 0.29) is 5.91 Å². The third-order valence-electron chi connectivity index (χ3n) is 3.63. The smallest absolute Gasteiger partial charge is 0.231 e. The molecule has 5 nitrogen and oxygen atoms in total. The summed E-state index contributed by atoms with van der Waals surface area (Å²) in [7, 11) is 1.68. The zero-order chi connectivity index (χ0) is 14.4. The second kappa shape index (κ2) is 7.26. The maximum atomic E-state index is 11.0. The Morgan fingerprint density at radius 1 is 1.15 bits per heavy atom. The van der Waals surface area contributed by atoms with Crippen molar-refractivity contribution >= 4 is 5.91 Å². The third-order valence-corrected chi connectivity index (χ3v) is 3.63. The molecule has 0 bridgehead atoms. The van der Waals surface area contributed by atoms with Crippen molar-refractivity contribution in [2.75, 3.05) is 39.8 Å². The van der Waals surface area contributed by atoms with Crippen LogP contribution in [-0.2, 0) is 11.3 Å². The van der Waals surface area contributed by atoms with Crippen LogP contribution in [0.1, 0.15) is 12.0 Å². The minimum atomic E-state index is -0.242. The fourth-order valence-corrected chi connectivity index (χ4v) is 2.55. The van der Waals surface area contributed by atoms with Gasteiger partial charge < -0.3 is 10.5 Å². The molecule has 1 saturated heterocycles. The Kier molecular flexibility index (Phi) is 5.38. The highest BCUT2D eigenvalue weighted by Gasteiger charge is 2.16. The molecule has 1 aromatic carbocycles. The van der Waals surface area contributed by atoms with Crippen molar-refractivity contribution < 1.29 is 9.53 Å². The predicted octanol–water partition coefficient (Wildman–Crippen LogP) is 0.688. The number of nitrogens with two attached hydrogens (primary N) is 1. The Bertz CT molecular complexity index is 433. The maximum Gasteiger partial charge on any atom is 0.231 e. The number of nitrogens with zero attached hydrogens (tertiary/aromatic N) is 2. The fraction of sp³-hybridized carbons (Fsp3) is 0.533. The average molecular weight is 277 g/mol. The van der Waals surface area contributed by atoms with E-state index < -0.39 is 0 Å². The Balaban J connectivity index is 1.85. The van der Waals surface area contributed by atoms with Crippen LogP contribution in [0.25, 0.3) is 0 Å². The minimum Gasteiger partial charge on any atom is -0.497 e. The second-order valence-electron chi connectivity index (χ2n) is 5.22. The first-order chi connectivity index (χ1) is 9.67. The van der Waals surface area contributed by atoms with Crippen LogP contribution in [0.2, 0.25) is 0 Å². The molecule has 1 aliphatic heterocycles. The van der Waals surface area contributed by atoms with Gasteiger partial charge in [0.2, 0.25) is 5.91 Å². The number of primary amides is 1. The first-order valence-corrected chi connectivity index (χ1v) is 7.03. The largest absolute Gasteiger partial charge is 0.497 e. The molecule has 0 aliphatic carbocycles. The number of methoxy groups -OCH3 is 1. The van der Waals surface area contributed by atoms with Crippen LogP contribution in [0.3, 0.4) is 0 Å². The van der Waals surface area contributed by atoms with Crippen LogP contribution >= 0.6 is 0 Å². The number of amides is 1. The molecule has 1 aromatic rings. The molecule has 2 rings (SSSR count). The molecular formula is C15H23N3O2. The molecule has 0 aromatic heterocycles. The summed E-state index contributed by atoms with van der Waals surface area (Å²) in [5.41, 5.74) is 6.54. The molecule has 1 amide bonds. The average Bonchev–Trinajstić information content (AvgIpc) is 2.65. The van der Waals surface area contributed by atoms with E-state index in [1.54, 1.807) is 7.11 Å². The third kappa shape index (κ3) is 4.51. The van der Waals surface area contributed by atoms with Gasteiger partial charge >= 0.3 is 0 Å². The molecule has 0 spiro atoms. The summed E-state index contributed by atoms with van der Waals surface area (Å²) in [6.07, 6.45) is 1.07. The van der Waals surface area contributed by atoms with Gasteiger partial charge in [-0.2, -0.15) is 0 Å². The quantitative estimate of drug-likeness (QED) is 0.860. The zero-order valence-corrected chi connectivity index (χ0v) is 12.0. The highest BCUT2D eigenvalue weighted by atomic mass is 16.5. The Morgan fingerprint density at radius 2 is 1.80 bits per heavy atom. The molecule has 1 aliphatic rings. The van der Waals surface area contributed by atoms with E-state index in [1.807, 2.05) is 12.1 Å². The number of hydrogen-bond donors (Lipinski definition) is 1. The van der Waals surface area contributed by atoms with Gasteiger partial charge in [-0.15, -0.1) is 0 Å². The van der Waals surface area contributed by atoms with Crippen LogP contribution in [0.15, 0.2) is 24.3 Å². The maximum absolute atomic E-state index is 11.0. The number of rotatable bonds is 5. The van der Waals surface area contributed by atoms with E-state index in [2.05, 4.69) is 21.9 Å². The van der Waals surface area contributed by atoms with E-state index in [0.29, 0.717) is 6.54 Å². The molecule has 1 heterocycles. The van der Waals surface area contributed by atoms with Crippen LogP contribution in [-0.4, -0.2) is 55.5 Å². The summed E-state index contributed by atoms with van der Waals surface area (Å²) in [5, 5.41) is 0. The van der Waals surface area contributed by atoms with Gasteiger partial charge in [-0.3, -0.25) is 14.6 Å². The molecule has 0 unspecified atom stereocenters. The normalized spacial score (nSPS) is 17.6. The first kappa shape index (κ1) is 14.8. The van der Waals surface area contributed by atoms with E-state index >= 15 is 0 Å². The highest BCUT2D eigenvalue weighted by Crippen LogP contribution is 2.14. The first-order valence-electron chi connectivity index (χ1n) is 7.03. The molecule has 20 heavy (non-hydrogen) atoms. The summed E-state index contributed by atoms with van der Waals surface area (Å²) in [6, 6.07) is 8.19. The van der Waals surface area contributed by atoms with Gasteiger partial charge in [-0.1, -0.05) is 12.1 Å². The van der Waals surface area contributed by atoms with Crippen LogP contribution in [0, 0.1) is 0 Å². The van der Waals surface area contributed by atoms with Crippen molar-refractivity contribution in [2.45, 2.75) is 13.0 Å².